The Morgan fingerprint density at radius 2 is 1.74 bits per heavy atom. The monoisotopic (exact) mass is 757 g/mol. The van der Waals surface area contributed by atoms with E-state index in [1.807, 2.05) is 34.9 Å². The van der Waals surface area contributed by atoms with Crippen molar-refractivity contribution >= 4 is 23.5 Å². The van der Waals surface area contributed by atoms with Gasteiger partial charge in [0.05, 0.1) is 24.8 Å². The number of anilines is 2. The molecule has 1 spiro atoms. The first kappa shape index (κ1) is 37.4. The van der Waals surface area contributed by atoms with Crippen molar-refractivity contribution in [3.63, 3.8) is 0 Å². The zero-order valence-corrected chi connectivity index (χ0v) is 31.3. The minimum atomic E-state index is -3.53. The molecule has 1 aromatic heterocycles. The molecule has 3 aliphatic heterocycles. The molecule has 8 rings (SSSR count). The van der Waals surface area contributed by atoms with E-state index in [9.17, 15) is 23.5 Å². The molecule has 3 saturated carbocycles. The van der Waals surface area contributed by atoms with Crippen LogP contribution < -0.4 is 15.0 Å². The van der Waals surface area contributed by atoms with Gasteiger partial charge in [-0.3, -0.25) is 9.69 Å². The molecule has 54 heavy (non-hydrogen) atoms. The van der Waals surface area contributed by atoms with Gasteiger partial charge in [0.2, 0.25) is 5.95 Å². The van der Waals surface area contributed by atoms with Gasteiger partial charge in [-0.15, -0.1) is 0 Å². The average Bonchev–Trinajstić information content (AvgIpc) is 3.40. The number of hydrogen-bond donors (Lipinski definition) is 2. The van der Waals surface area contributed by atoms with Gasteiger partial charge in [0.1, 0.15) is 17.0 Å². The number of fused-ring (bicyclic) bond motifs is 4. The van der Waals surface area contributed by atoms with Crippen molar-refractivity contribution in [2.75, 3.05) is 37.7 Å². The van der Waals surface area contributed by atoms with Crippen LogP contribution in [0.5, 0.6) is 5.75 Å². The van der Waals surface area contributed by atoms with E-state index in [1.165, 1.54) is 0 Å². The summed E-state index contributed by atoms with van der Waals surface area (Å²) in [7, 11) is 0. The standard InChI is InChI=1S/C40H51F4N5O5/c1-23-14-25-16-24(2)40(35(51)52,26(15-23)17-25)47-34(50)30-19-45-36(46-33(30)37(3,41)42)49-20-38(10-12-53-13-11-38)31-18-29(8-9-32(31)49)54-28-6-4-27(5-7-28)48-21-39(43,44)22-48/h8-9,18-19,23-28H,4-7,10-17,20-22H2,1-3H3,(H,47,50)(H,51,52). The molecule has 10 nitrogen and oxygen atoms in total. The first-order valence-corrected chi connectivity index (χ1v) is 19.7. The Bertz CT molecular complexity index is 1760. The van der Waals surface area contributed by atoms with Crippen LogP contribution >= 0.6 is 0 Å². The number of aromatic nitrogens is 2. The highest BCUT2D eigenvalue weighted by Gasteiger charge is 2.57. The summed E-state index contributed by atoms with van der Waals surface area (Å²) in [6, 6.07) is 5.93. The molecule has 5 atom stereocenters. The van der Waals surface area contributed by atoms with Crippen LogP contribution in [-0.4, -0.2) is 88.3 Å². The number of nitrogens with one attached hydrogen (secondary N) is 1. The maximum absolute atomic E-state index is 15.5. The first-order chi connectivity index (χ1) is 25.6. The van der Waals surface area contributed by atoms with Crippen LogP contribution in [0.2, 0.25) is 0 Å². The summed E-state index contributed by atoms with van der Waals surface area (Å²) in [4.78, 5) is 39.6. The van der Waals surface area contributed by atoms with Crippen molar-refractivity contribution in [2.24, 2.45) is 23.7 Å². The molecule has 1 amide bonds. The summed E-state index contributed by atoms with van der Waals surface area (Å²) >= 11 is 0. The lowest BCUT2D eigenvalue weighted by Gasteiger charge is -2.52. The SMILES string of the molecule is CC1CC2CC(C)C(NC(=O)c3cnc(N4CC5(CCOCC5)c5cc(OC6CCC(N7CC(F)(F)C7)CC6)ccc54)nc3C(C)(F)F)(C(=O)O)C(C1)C2. The van der Waals surface area contributed by atoms with E-state index in [2.05, 4.69) is 22.2 Å². The minimum Gasteiger partial charge on any atom is -0.490 e. The summed E-state index contributed by atoms with van der Waals surface area (Å²) in [5.74, 6) is -7.48. The van der Waals surface area contributed by atoms with Crippen LogP contribution in [0.3, 0.4) is 0 Å². The number of halogens is 4. The minimum absolute atomic E-state index is 0.0270. The van der Waals surface area contributed by atoms with Gasteiger partial charge in [0, 0.05) is 50.0 Å². The van der Waals surface area contributed by atoms with E-state index in [-0.39, 0.29) is 48.4 Å². The summed E-state index contributed by atoms with van der Waals surface area (Å²) in [6.07, 6.45) is 8.55. The second kappa shape index (κ2) is 13.6. The fourth-order valence-electron chi connectivity index (χ4n) is 10.9. The summed E-state index contributed by atoms with van der Waals surface area (Å²) < 4.78 is 70.1. The molecule has 2 saturated heterocycles. The van der Waals surface area contributed by atoms with Crippen molar-refractivity contribution in [1.29, 1.82) is 0 Å². The lowest BCUT2D eigenvalue weighted by atomic mass is 9.56. The molecule has 3 aliphatic carbocycles. The van der Waals surface area contributed by atoms with Crippen LogP contribution in [0.25, 0.3) is 0 Å². The largest absolute Gasteiger partial charge is 0.490 e. The van der Waals surface area contributed by atoms with E-state index < -0.39 is 40.5 Å². The topological polar surface area (TPSA) is 117 Å². The van der Waals surface area contributed by atoms with E-state index in [1.54, 1.807) is 0 Å². The molecular formula is C40H51F4N5O5. The fraction of sp³-hybridized carbons (Fsp3) is 0.700. The zero-order valence-electron chi connectivity index (χ0n) is 31.3. The smallest absolute Gasteiger partial charge is 0.329 e. The molecule has 1 aromatic carbocycles. The molecule has 0 radical (unpaired) electrons. The van der Waals surface area contributed by atoms with E-state index >= 15 is 8.78 Å². The average molecular weight is 758 g/mol. The lowest BCUT2D eigenvalue weighted by Crippen LogP contribution is -2.66. The number of likely N-dealkylation sites (tertiary alicyclic amines) is 1. The number of hydrogen-bond acceptors (Lipinski definition) is 8. The van der Waals surface area contributed by atoms with Crippen LogP contribution in [-0.2, 0) is 20.9 Å². The highest BCUT2D eigenvalue weighted by atomic mass is 19.3. The summed E-state index contributed by atoms with van der Waals surface area (Å²) in [5.41, 5.74) is -1.40. The Kier molecular flexibility index (Phi) is 9.42. The lowest BCUT2D eigenvalue weighted by molar-refractivity contribution is -0.155. The molecule has 4 heterocycles. The Labute approximate surface area is 313 Å². The van der Waals surface area contributed by atoms with E-state index in [4.69, 9.17) is 9.47 Å². The third-order valence-electron chi connectivity index (χ3n) is 13.6. The van der Waals surface area contributed by atoms with Crippen molar-refractivity contribution in [2.45, 2.75) is 120 Å². The van der Waals surface area contributed by atoms with Gasteiger partial charge < -0.3 is 24.8 Å². The molecule has 294 valence electrons. The molecular weight excluding hydrogens is 706 g/mol. The van der Waals surface area contributed by atoms with Gasteiger partial charge >= 0.3 is 5.97 Å². The molecule has 2 N–H and O–H groups in total. The number of rotatable bonds is 8. The number of ether oxygens (including phenoxy) is 2. The molecule has 2 bridgehead atoms. The van der Waals surface area contributed by atoms with Crippen molar-refractivity contribution in [3.05, 3.63) is 41.2 Å². The van der Waals surface area contributed by atoms with Gasteiger partial charge in [-0.1, -0.05) is 13.8 Å². The quantitative estimate of drug-likeness (QED) is 0.273. The van der Waals surface area contributed by atoms with Crippen LogP contribution in [0, 0.1) is 23.7 Å². The van der Waals surface area contributed by atoms with Crippen LogP contribution in [0.1, 0.15) is 107 Å². The predicted octanol–water partition coefficient (Wildman–Crippen LogP) is 7.07. The van der Waals surface area contributed by atoms with Gasteiger partial charge in [-0.05, 0) is 112 Å². The highest BCUT2D eigenvalue weighted by molar-refractivity contribution is 5.99. The molecule has 14 heteroatoms. The van der Waals surface area contributed by atoms with E-state index in [0.29, 0.717) is 76.4 Å². The number of amides is 1. The van der Waals surface area contributed by atoms with Crippen molar-refractivity contribution in [3.8, 4) is 5.75 Å². The van der Waals surface area contributed by atoms with Crippen molar-refractivity contribution < 1.29 is 41.7 Å². The third kappa shape index (κ3) is 6.62. The number of carbonyl (C=O) groups is 2. The van der Waals surface area contributed by atoms with Crippen molar-refractivity contribution in [1.82, 2.24) is 20.2 Å². The van der Waals surface area contributed by atoms with Gasteiger partial charge in [0.25, 0.3) is 17.8 Å². The number of benzene rings is 1. The van der Waals surface area contributed by atoms with Crippen LogP contribution in [0.15, 0.2) is 24.4 Å². The number of carboxylic acid groups (broad SMARTS) is 1. The van der Waals surface area contributed by atoms with Crippen LogP contribution in [0.4, 0.5) is 29.2 Å². The first-order valence-electron chi connectivity index (χ1n) is 19.7. The second-order valence-corrected chi connectivity index (χ2v) is 17.4. The Morgan fingerprint density at radius 1 is 1.02 bits per heavy atom. The predicted molar refractivity (Wildman–Crippen MR) is 192 cm³/mol. The third-order valence-corrected chi connectivity index (χ3v) is 13.6. The molecule has 5 unspecified atom stereocenters. The second-order valence-electron chi connectivity index (χ2n) is 17.4. The Balaban J connectivity index is 1.05. The number of carboxylic acids is 1. The number of carbonyl (C=O) groups excluding carboxylic acids is 1. The summed E-state index contributed by atoms with van der Waals surface area (Å²) in [5, 5.41) is 13.4. The molecule has 2 aromatic rings. The number of aliphatic carboxylic acids is 1. The normalized spacial score (nSPS) is 33.1. The Morgan fingerprint density at radius 3 is 2.41 bits per heavy atom. The number of alkyl halides is 4. The number of nitrogens with zero attached hydrogens (tertiary/aromatic N) is 4. The van der Waals surface area contributed by atoms with Gasteiger partial charge in [-0.2, -0.15) is 8.78 Å². The van der Waals surface area contributed by atoms with Gasteiger partial charge in [-0.25, -0.2) is 23.5 Å². The highest BCUT2D eigenvalue weighted by Crippen LogP contribution is 2.52. The molecule has 5 fully saturated rings. The fourth-order valence-corrected chi connectivity index (χ4v) is 10.9. The van der Waals surface area contributed by atoms with E-state index in [0.717, 1.165) is 49.6 Å². The summed E-state index contributed by atoms with van der Waals surface area (Å²) in [6.45, 7) is 5.75. The maximum Gasteiger partial charge on any atom is 0.329 e. The molecule has 6 aliphatic rings. The van der Waals surface area contributed by atoms with Gasteiger partial charge in [0.15, 0.2) is 0 Å². The zero-order chi connectivity index (χ0) is 38.2. The Hall–Kier alpha value is -3.52. The maximum atomic E-state index is 15.5.